The second kappa shape index (κ2) is 8.97. The minimum atomic E-state index is 0.855. The van der Waals surface area contributed by atoms with Crippen molar-refractivity contribution in [2.45, 2.75) is 53.4 Å². The fourth-order valence-electron chi connectivity index (χ4n) is 3.08. The second-order valence-electron chi connectivity index (χ2n) is 7.08. The van der Waals surface area contributed by atoms with Crippen molar-refractivity contribution in [2.24, 2.45) is 23.7 Å². The van der Waals surface area contributed by atoms with Gasteiger partial charge in [0.05, 0.1) is 0 Å². The third-order valence-corrected chi connectivity index (χ3v) is 4.91. The van der Waals surface area contributed by atoms with Gasteiger partial charge in [-0.05, 0) is 69.5 Å². The molecular weight excluding hydrogens is 234 g/mol. The molecule has 0 spiro atoms. The summed E-state index contributed by atoms with van der Waals surface area (Å²) in [6.07, 6.45) is 5.37. The summed E-state index contributed by atoms with van der Waals surface area (Å²) in [6, 6.07) is 0. The van der Waals surface area contributed by atoms with Gasteiger partial charge in [0.1, 0.15) is 0 Å². The zero-order chi connectivity index (χ0) is 14.3. The van der Waals surface area contributed by atoms with E-state index in [1.54, 1.807) is 0 Å². The van der Waals surface area contributed by atoms with Crippen LogP contribution >= 0.6 is 0 Å². The molecule has 0 atom stereocenters. The molecule has 2 rings (SSSR count). The summed E-state index contributed by atoms with van der Waals surface area (Å²) in [6.45, 7) is 13.9. The summed E-state index contributed by atoms with van der Waals surface area (Å²) < 4.78 is 5.25. The van der Waals surface area contributed by atoms with Crippen LogP contribution in [0, 0.1) is 23.7 Å². The van der Waals surface area contributed by atoms with Crippen molar-refractivity contribution < 1.29 is 4.74 Å². The average molecular weight is 269 g/mol. The molecule has 0 radical (unpaired) electrons. The highest BCUT2D eigenvalue weighted by molar-refractivity contribution is 4.71. The van der Waals surface area contributed by atoms with Crippen molar-refractivity contribution in [1.82, 2.24) is 4.90 Å². The number of hydrogen-bond donors (Lipinski definition) is 0. The topological polar surface area (TPSA) is 12.5 Å². The van der Waals surface area contributed by atoms with E-state index in [2.05, 4.69) is 39.6 Å². The molecule has 0 N–H and O–H groups in total. The van der Waals surface area contributed by atoms with Crippen LogP contribution in [0.5, 0.6) is 0 Å². The van der Waals surface area contributed by atoms with E-state index >= 15 is 0 Å². The first-order valence-electron chi connectivity index (χ1n) is 8.27. The highest BCUT2D eigenvalue weighted by Crippen LogP contribution is 2.23. The van der Waals surface area contributed by atoms with E-state index < -0.39 is 0 Å². The van der Waals surface area contributed by atoms with Crippen LogP contribution in [0.25, 0.3) is 0 Å². The van der Waals surface area contributed by atoms with Gasteiger partial charge in [0.25, 0.3) is 0 Å². The van der Waals surface area contributed by atoms with Crippen molar-refractivity contribution in [3.8, 4) is 0 Å². The van der Waals surface area contributed by atoms with E-state index in [9.17, 15) is 0 Å². The van der Waals surface area contributed by atoms with Crippen molar-refractivity contribution in [2.75, 3.05) is 33.4 Å². The summed E-state index contributed by atoms with van der Waals surface area (Å²) in [4.78, 5) is 2.43. The molecule has 2 heteroatoms. The van der Waals surface area contributed by atoms with Crippen LogP contribution in [0.1, 0.15) is 53.4 Å². The van der Waals surface area contributed by atoms with Crippen molar-refractivity contribution >= 4 is 0 Å². The maximum absolute atomic E-state index is 5.25. The Bertz CT molecular complexity index is 213. The lowest BCUT2D eigenvalue weighted by molar-refractivity contribution is 0.0523. The first kappa shape index (κ1) is 17.0. The second-order valence-corrected chi connectivity index (χ2v) is 7.08. The monoisotopic (exact) mass is 269 g/mol. The standard InChI is InChI=1S/C9H19N.C8H16O/c1-8(2)9-4-6-10(3)7-5-9;1-7(2)8-3-5-9-6-4-8/h8-9H,4-7H2,1-3H3;7-8H,3-6H2,1-2H3. The summed E-state index contributed by atoms with van der Waals surface area (Å²) in [5.74, 6) is 3.68. The Morgan fingerprint density at radius 1 is 0.789 bits per heavy atom. The SMILES string of the molecule is CC(C)C1CCN(C)CC1.CC(C)C1CCOCC1. The highest BCUT2D eigenvalue weighted by Gasteiger charge is 2.18. The maximum atomic E-state index is 5.25. The van der Waals surface area contributed by atoms with Gasteiger partial charge in [0, 0.05) is 13.2 Å². The van der Waals surface area contributed by atoms with E-state index in [-0.39, 0.29) is 0 Å². The smallest absolute Gasteiger partial charge is 0.0468 e. The summed E-state index contributed by atoms with van der Waals surface area (Å²) in [5, 5.41) is 0. The Hall–Kier alpha value is -0.0800. The molecule has 2 heterocycles. The Morgan fingerprint density at radius 2 is 1.21 bits per heavy atom. The van der Waals surface area contributed by atoms with Gasteiger partial charge in [0.15, 0.2) is 0 Å². The quantitative estimate of drug-likeness (QED) is 0.750. The van der Waals surface area contributed by atoms with Gasteiger partial charge >= 0.3 is 0 Å². The van der Waals surface area contributed by atoms with Crippen LogP contribution < -0.4 is 0 Å². The van der Waals surface area contributed by atoms with Gasteiger partial charge in [0.2, 0.25) is 0 Å². The maximum Gasteiger partial charge on any atom is 0.0468 e. The van der Waals surface area contributed by atoms with Gasteiger partial charge in [-0.3, -0.25) is 0 Å². The molecule has 0 aromatic rings. The molecule has 0 bridgehead atoms. The minimum Gasteiger partial charge on any atom is -0.381 e. The molecular formula is C17H35NO. The molecule has 114 valence electrons. The van der Waals surface area contributed by atoms with Crippen LogP contribution in [0.4, 0.5) is 0 Å². The molecule has 2 aliphatic rings. The molecule has 2 saturated heterocycles. The van der Waals surface area contributed by atoms with Gasteiger partial charge in [-0.2, -0.15) is 0 Å². The first-order chi connectivity index (χ1) is 9.00. The first-order valence-corrected chi connectivity index (χ1v) is 8.27. The molecule has 0 aliphatic carbocycles. The van der Waals surface area contributed by atoms with Gasteiger partial charge in [-0.15, -0.1) is 0 Å². The van der Waals surface area contributed by atoms with Crippen molar-refractivity contribution in [3.63, 3.8) is 0 Å². The van der Waals surface area contributed by atoms with Gasteiger partial charge in [-0.25, -0.2) is 0 Å². The van der Waals surface area contributed by atoms with Crippen LogP contribution in [0.2, 0.25) is 0 Å². The largest absolute Gasteiger partial charge is 0.381 e. The fraction of sp³-hybridized carbons (Fsp3) is 1.00. The fourth-order valence-corrected chi connectivity index (χ4v) is 3.08. The number of nitrogens with zero attached hydrogens (tertiary/aromatic N) is 1. The number of piperidine rings is 1. The van der Waals surface area contributed by atoms with E-state index in [4.69, 9.17) is 4.74 Å². The van der Waals surface area contributed by atoms with E-state index in [0.29, 0.717) is 0 Å². The number of ether oxygens (including phenoxy) is 1. The number of likely N-dealkylation sites (tertiary alicyclic amines) is 1. The highest BCUT2D eigenvalue weighted by atomic mass is 16.5. The third kappa shape index (κ3) is 6.76. The van der Waals surface area contributed by atoms with Crippen molar-refractivity contribution in [3.05, 3.63) is 0 Å². The predicted octanol–water partition coefficient (Wildman–Crippen LogP) is 4.05. The lowest BCUT2D eigenvalue weighted by atomic mass is 9.87. The minimum absolute atomic E-state index is 0.855. The van der Waals surface area contributed by atoms with E-state index in [1.807, 2.05) is 0 Å². The van der Waals surface area contributed by atoms with E-state index in [0.717, 1.165) is 36.9 Å². The normalized spacial score (nSPS) is 23.5. The molecule has 0 unspecified atom stereocenters. The Balaban J connectivity index is 0.000000191. The predicted molar refractivity (Wildman–Crippen MR) is 83.4 cm³/mol. The Kier molecular flexibility index (Phi) is 8.01. The lowest BCUT2D eigenvalue weighted by Gasteiger charge is -2.31. The third-order valence-electron chi connectivity index (χ3n) is 4.91. The molecule has 0 saturated carbocycles. The number of rotatable bonds is 2. The Morgan fingerprint density at radius 3 is 1.58 bits per heavy atom. The summed E-state index contributed by atoms with van der Waals surface area (Å²) >= 11 is 0. The zero-order valence-corrected chi connectivity index (χ0v) is 13.8. The zero-order valence-electron chi connectivity index (χ0n) is 13.8. The molecule has 0 aromatic heterocycles. The van der Waals surface area contributed by atoms with E-state index in [1.165, 1.54) is 38.8 Å². The van der Waals surface area contributed by atoms with Gasteiger partial charge < -0.3 is 9.64 Å². The van der Waals surface area contributed by atoms with Gasteiger partial charge in [-0.1, -0.05) is 27.7 Å². The molecule has 2 aliphatic heterocycles. The lowest BCUT2D eigenvalue weighted by Crippen LogP contribution is -2.32. The Labute approximate surface area is 120 Å². The molecule has 0 aromatic carbocycles. The molecule has 2 fully saturated rings. The number of hydrogen-bond acceptors (Lipinski definition) is 2. The average Bonchev–Trinajstić information content (AvgIpc) is 2.41. The van der Waals surface area contributed by atoms with Crippen LogP contribution in [-0.4, -0.2) is 38.3 Å². The van der Waals surface area contributed by atoms with Crippen LogP contribution in [0.15, 0.2) is 0 Å². The molecule has 0 amide bonds. The molecule has 2 nitrogen and oxygen atoms in total. The van der Waals surface area contributed by atoms with Crippen LogP contribution in [-0.2, 0) is 4.74 Å². The summed E-state index contributed by atoms with van der Waals surface area (Å²) in [7, 11) is 2.22. The van der Waals surface area contributed by atoms with Crippen molar-refractivity contribution in [1.29, 1.82) is 0 Å². The van der Waals surface area contributed by atoms with Crippen LogP contribution in [0.3, 0.4) is 0 Å². The summed E-state index contributed by atoms with van der Waals surface area (Å²) in [5.41, 5.74) is 0. The molecule has 19 heavy (non-hydrogen) atoms.